The van der Waals surface area contributed by atoms with E-state index in [0.29, 0.717) is 17.4 Å². The van der Waals surface area contributed by atoms with Gasteiger partial charge in [0.25, 0.3) is 6.29 Å². The largest absolute Gasteiger partial charge is 0.477 e. The molecule has 0 aliphatic rings. The van der Waals surface area contributed by atoms with Crippen molar-refractivity contribution < 1.29 is 42.9 Å². The van der Waals surface area contributed by atoms with Crippen molar-refractivity contribution in [2.75, 3.05) is 47.5 Å². The lowest BCUT2D eigenvalue weighted by Gasteiger charge is -2.25. The Kier molecular flexibility index (Phi) is 68.8. The lowest BCUT2D eigenvalue weighted by molar-refractivity contribution is -0.870. The summed E-state index contributed by atoms with van der Waals surface area (Å²) in [6, 6.07) is 0. The van der Waals surface area contributed by atoms with Gasteiger partial charge in [-0.25, -0.2) is 4.79 Å². The summed E-state index contributed by atoms with van der Waals surface area (Å²) in [5.74, 6) is -1.96. The van der Waals surface area contributed by atoms with Gasteiger partial charge in [-0.2, -0.15) is 0 Å². The van der Waals surface area contributed by atoms with E-state index in [1.165, 1.54) is 360 Å². The Bertz CT molecular complexity index is 1390. The molecule has 0 aromatic rings. The van der Waals surface area contributed by atoms with Crippen LogP contribution in [0.15, 0.2) is 0 Å². The topological polar surface area (TPSA) is 108 Å². The van der Waals surface area contributed by atoms with Gasteiger partial charge in [-0.05, 0) is 12.8 Å². The highest BCUT2D eigenvalue weighted by molar-refractivity contribution is 5.71. The predicted octanol–water partition coefficient (Wildman–Crippen LogP) is 24.6. The number of nitrogens with zero attached hydrogens (tertiary/aromatic N) is 1. The number of esters is 2. The molecule has 0 aliphatic carbocycles. The van der Waals surface area contributed by atoms with Crippen LogP contribution in [0.4, 0.5) is 0 Å². The van der Waals surface area contributed by atoms with E-state index >= 15 is 0 Å². The van der Waals surface area contributed by atoms with Crippen LogP contribution in [-0.2, 0) is 33.3 Å². The quantitative estimate of drug-likeness (QED) is 0.0278. The van der Waals surface area contributed by atoms with Crippen LogP contribution in [0, 0.1) is 0 Å². The number of carbonyl (C=O) groups excluding carboxylic acids is 2. The third-order valence-corrected chi connectivity index (χ3v) is 18.4. The number of carboxylic acid groups (broad SMARTS) is 1. The zero-order valence-corrected chi connectivity index (χ0v) is 59.5. The van der Waals surface area contributed by atoms with Crippen molar-refractivity contribution in [3.8, 4) is 0 Å². The lowest BCUT2D eigenvalue weighted by Crippen LogP contribution is -2.40. The average molecular weight is 1230 g/mol. The minimum atomic E-state index is -1.50. The maximum atomic E-state index is 13.0. The minimum absolute atomic E-state index is 0.172. The molecule has 9 nitrogen and oxygen atoms in total. The van der Waals surface area contributed by atoms with Crippen molar-refractivity contribution in [2.24, 2.45) is 0 Å². The molecule has 0 saturated heterocycles. The van der Waals surface area contributed by atoms with Gasteiger partial charge >= 0.3 is 17.9 Å². The number of hydrogen-bond donors (Lipinski definition) is 1. The summed E-state index contributed by atoms with van der Waals surface area (Å²) in [6.07, 6.45) is 82.7. The van der Waals surface area contributed by atoms with Crippen LogP contribution in [0.5, 0.6) is 0 Å². The van der Waals surface area contributed by atoms with Crippen LogP contribution in [0.1, 0.15) is 425 Å². The summed E-state index contributed by atoms with van der Waals surface area (Å²) in [6.45, 7) is 4.98. The fourth-order valence-corrected chi connectivity index (χ4v) is 12.4. The maximum absolute atomic E-state index is 13.0. The summed E-state index contributed by atoms with van der Waals surface area (Å²) in [4.78, 5) is 37.7. The molecule has 2 unspecified atom stereocenters. The average Bonchev–Trinajstić information content (AvgIpc) is 3.56. The number of unbranched alkanes of at least 4 members (excludes halogenated alkanes) is 60. The Hall–Kier alpha value is -1.71. The first kappa shape index (κ1) is 85.3. The molecule has 0 heterocycles. The van der Waals surface area contributed by atoms with Gasteiger partial charge in [0.1, 0.15) is 13.2 Å². The highest BCUT2D eigenvalue weighted by Gasteiger charge is 2.25. The van der Waals surface area contributed by atoms with Crippen molar-refractivity contribution in [1.29, 1.82) is 0 Å². The smallest absolute Gasteiger partial charge is 0.361 e. The second-order valence-electron chi connectivity index (χ2n) is 28.4. The number of hydrogen-bond acceptors (Lipinski definition) is 7. The van der Waals surface area contributed by atoms with Crippen molar-refractivity contribution in [2.45, 2.75) is 437 Å². The van der Waals surface area contributed by atoms with E-state index < -0.39 is 18.4 Å². The highest BCUT2D eigenvalue weighted by Crippen LogP contribution is 2.21. The molecule has 1 N–H and O–H groups in total. The van der Waals surface area contributed by atoms with E-state index in [1.807, 2.05) is 21.1 Å². The van der Waals surface area contributed by atoms with Gasteiger partial charge < -0.3 is 28.5 Å². The number of quaternary nitrogens is 1. The van der Waals surface area contributed by atoms with Crippen molar-refractivity contribution in [1.82, 2.24) is 0 Å². The fraction of sp³-hybridized carbons (Fsp3) is 0.962. The second kappa shape index (κ2) is 70.2. The molecule has 0 amide bonds. The Morgan fingerprint density at radius 1 is 0.299 bits per heavy atom. The van der Waals surface area contributed by atoms with Crippen LogP contribution in [0.3, 0.4) is 0 Å². The van der Waals surface area contributed by atoms with Gasteiger partial charge in [-0.1, -0.05) is 399 Å². The summed E-state index contributed by atoms with van der Waals surface area (Å²) in [7, 11) is 6.00. The first-order valence-corrected chi connectivity index (χ1v) is 39.2. The van der Waals surface area contributed by atoms with Gasteiger partial charge in [-0.3, -0.25) is 9.59 Å². The molecule has 0 fully saturated rings. The van der Waals surface area contributed by atoms with Crippen molar-refractivity contribution in [3.63, 3.8) is 0 Å². The predicted molar refractivity (Wildman–Crippen MR) is 374 cm³/mol. The number of ether oxygens (including phenoxy) is 4. The number of rotatable bonds is 75. The van der Waals surface area contributed by atoms with Gasteiger partial charge in [0.2, 0.25) is 0 Å². The van der Waals surface area contributed by atoms with Crippen LogP contribution < -0.4 is 0 Å². The monoisotopic (exact) mass is 1230 g/mol. The maximum Gasteiger partial charge on any atom is 0.361 e. The molecule has 0 aromatic carbocycles. The Balaban J connectivity index is 3.93. The summed E-state index contributed by atoms with van der Waals surface area (Å²) in [5.41, 5.74) is 0. The first-order valence-electron chi connectivity index (χ1n) is 39.2. The zero-order chi connectivity index (χ0) is 63.3. The van der Waals surface area contributed by atoms with E-state index in [4.69, 9.17) is 18.9 Å². The minimum Gasteiger partial charge on any atom is -0.477 e. The molecule has 0 bridgehead atoms. The summed E-state index contributed by atoms with van der Waals surface area (Å²) < 4.78 is 23.0. The lowest BCUT2D eigenvalue weighted by atomic mass is 10.0. The van der Waals surface area contributed by atoms with Crippen LogP contribution in [0.25, 0.3) is 0 Å². The van der Waals surface area contributed by atoms with E-state index in [0.717, 1.165) is 38.5 Å². The van der Waals surface area contributed by atoms with Crippen LogP contribution >= 0.6 is 0 Å². The SMILES string of the molecule is CCCCCCCCCCCCCCCCCCCCCCCCCCCCCCCCCCCCCCCCC(=O)OC(COC(=O)CCCCCCCCCCCCCCCCCCCCCCCCCC)COC(OCC[N+](C)(C)C)C(=O)O. The third-order valence-electron chi connectivity index (χ3n) is 18.4. The zero-order valence-electron chi connectivity index (χ0n) is 59.5. The van der Waals surface area contributed by atoms with E-state index in [2.05, 4.69) is 13.8 Å². The Labute approximate surface area is 543 Å². The number of likely N-dealkylation sites (N-methyl/N-ethyl adjacent to an activating group) is 1. The molecule has 518 valence electrons. The van der Waals surface area contributed by atoms with Crippen LogP contribution in [0.2, 0.25) is 0 Å². The summed E-state index contributed by atoms with van der Waals surface area (Å²) in [5, 5.41) is 9.76. The van der Waals surface area contributed by atoms with Crippen molar-refractivity contribution in [3.05, 3.63) is 0 Å². The third kappa shape index (κ3) is 71.6. The molecule has 0 rings (SSSR count). The molecule has 2 atom stereocenters. The second-order valence-corrected chi connectivity index (χ2v) is 28.4. The fourth-order valence-electron chi connectivity index (χ4n) is 12.4. The molecule has 0 radical (unpaired) electrons. The van der Waals surface area contributed by atoms with Gasteiger partial charge in [0.05, 0.1) is 34.4 Å². The molecular weight excluding hydrogens is 1080 g/mol. The molecule has 87 heavy (non-hydrogen) atoms. The summed E-state index contributed by atoms with van der Waals surface area (Å²) >= 11 is 0. The number of carboxylic acids is 1. The van der Waals surface area contributed by atoms with Gasteiger partial charge in [0.15, 0.2) is 6.10 Å². The normalized spacial score (nSPS) is 12.5. The van der Waals surface area contributed by atoms with E-state index in [9.17, 15) is 19.5 Å². The Morgan fingerprint density at radius 2 is 0.517 bits per heavy atom. The standard InChI is InChI=1S/C78H153NO8/c1-6-8-10-12-14-16-18-20-22-24-26-28-30-32-33-34-35-36-37-38-39-40-41-42-43-44-45-47-49-51-53-55-57-59-61-63-65-67-69-76(81)87-74(73-86-78(77(82)83)84-71-70-79(3,4)5)72-85-75(80)68-66-64-62-60-58-56-54-52-50-48-46-31-29-27-25-23-21-19-17-15-13-11-9-7-2/h74,78H,6-73H2,1-5H3/p+1. The first-order chi connectivity index (χ1) is 42.6. The molecular formula is C78H154NO8+. The van der Waals surface area contributed by atoms with E-state index in [-0.39, 0.29) is 38.2 Å². The van der Waals surface area contributed by atoms with E-state index in [1.54, 1.807) is 0 Å². The van der Waals surface area contributed by atoms with Gasteiger partial charge in [-0.15, -0.1) is 0 Å². The molecule has 9 heteroatoms. The molecule has 0 saturated carbocycles. The van der Waals surface area contributed by atoms with Crippen LogP contribution in [-0.4, -0.2) is 87.4 Å². The Morgan fingerprint density at radius 3 is 0.736 bits per heavy atom. The molecule has 0 aromatic heterocycles. The van der Waals surface area contributed by atoms with Gasteiger partial charge in [0, 0.05) is 12.8 Å². The van der Waals surface area contributed by atoms with Crippen molar-refractivity contribution >= 4 is 17.9 Å². The number of carbonyl (C=O) groups is 3. The number of aliphatic carboxylic acids is 1. The molecule has 0 spiro atoms. The highest BCUT2D eigenvalue weighted by atomic mass is 16.7. The molecule has 0 aliphatic heterocycles.